The number of halogens is 3. The number of hydrogen-bond acceptors (Lipinski definition) is 5. The molecule has 0 aliphatic carbocycles. The van der Waals surface area contributed by atoms with Gasteiger partial charge in [0.2, 0.25) is 5.88 Å². The van der Waals surface area contributed by atoms with E-state index in [4.69, 9.17) is 0 Å². The van der Waals surface area contributed by atoms with E-state index in [0.717, 1.165) is 25.1 Å². The zero-order valence-electron chi connectivity index (χ0n) is 15.6. The standard InChI is InChI=1S/C20H17F3N2O4S/c21-20(22,23)19(26)29-18-12-16-14(13-24-10-5-11-24)6-4-9-17(16)25(18)30(27,28)15-7-2-1-3-8-15/h1-4,6-9,12H,5,10-11,13H2. The summed E-state index contributed by atoms with van der Waals surface area (Å²) in [5.74, 6) is -3.19. The first-order valence-corrected chi connectivity index (χ1v) is 10.6. The van der Waals surface area contributed by atoms with Crippen molar-refractivity contribution in [2.24, 2.45) is 0 Å². The number of carbonyl (C=O) groups excluding carboxylic acids is 1. The van der Waals surface area contributed by atoms with Crippen LogP contribution < -0.4 is 4.74 Å². The van der Waals surface area contributed by atoms with Crippen LogP contribution in [0.2, 0.25) is 0 Å². The van der Waals surface area contributed by atoms with Crippen molar-refractivity contribution in [1.29, 1.82) is 0 Å². The molecule has 1 aromatic heterocycles. The van der Waals surface area contributed by atoms with E-state index in [0.29, 0.717) is 15.9 Å². The number of nitrogens with zero attached hydrogens (tertiary/aromatic N) is 2. The molecule has 4 rings (SSSR count). The zero-order valence-corrected chi connectivity index (χ0v) is 16.4. The molecule has 158 valence electrons. The van der Waals surface area contributed by atoms with E-state index in [1.54, 1.807) is 18.2 Å². The highest BCUT2D eigenvalue weighted by Gasteiger charge is 2.42. The van der Waals surface area contributed by atoms with E-state index in [9.17, 15) is 26.4 Å². The highest BCUT2D eigenvalue weighted by atomic mass is 32.2. The molecule has 0 radical (unpaired) electrons. The van der Waals surface area contributed by atoms with Crippen molar-refractivity contribution >= 4 is 26.9 Å². The molecular formula is C20H17F3N2O4S. The summed E-state index contributed by atoms with van der Waals surface area (Å²) >= 11 is 0. The van der Waals surface area contributed by atoms with Crippen molar-refractivity contribution in [3.8, 4) is 5.88 Å². The van der Waals surface area contributed by atoms with Gasteiger partial charge in [0.1, 0.15) is 0 Å². The molecule has 0 N–H and O–H groups in total. The Morgan fingerprint density at radius 3 is 2.33 bits per heavy atom. The average molecular weight is 438 g/mol. The van der Waals surface area contributed by atoms with Gasteiger partial charge in [0, 0.05) is 18.0 Å². The Labute approximate surface area is 170 Å². The smallest absolute Gasteiger partial charge is 0.402 e. The maximum Gasteiger partial charge on any atom is 0.491 e. The lowest BCUT2D eigenvalue weighted by Gasteiger charge is -2.30. The Morgan fingerprint density at radius 2 is 1.73 bits per heavy atom. The summed E-state index contributed by atoms with van der Waals surface area (Å²) in [6.07, 6.45) is -4.22. The molecule has 2 aromatic carbocycles. The van der Waals surface area contributed by atoms with E-state index >= 15 is 0 Å². The summed E-state index contributed by atoms with van der Waals surface area (Å²) in [6, 6.07) is 13.3. The van der Waals surface area contributed by atoms with Gasteiger partial charge in [-0.1, -0.05) is 30.3 Å². The van der Waals surface area contributed by atoms with Crippen molar-refractivity contribution in [3.05, 3.63) is 60.2 Å². The predicted octanol–water partition coefficient (Wildman–Crippen LogP) is 3.55. The molecule has 3 aromatic rings. The number of esters is 1. The summed E-state index contributed by atoms with van der Waals surface area (Å²) in [5, 5.41) is 0.411. The number of carbonyl (C=O) groups is 1. The second kappa shape index (κ2) is 7.44. The van der Waals surface area contributed by atoms with Gasteiger partial charge in [0.05, 0.1) is 10.4 Å². The van der Waals surface area contributed by atoms with Gasteiger partial charge in [0.15, 0.2) is 0 Å². The molecule has 0 spiro atoms. The fourth-order valence-corrected chi connectivity index (χ4v) is 4.79. The van der Waals surface area contributed by atoms with E-state index in [1.807, 2.05) is 0 Å². The number of hydrogen-bond donors (Lipinski definition) is 0. The van der Waals surface area contributed by atoms with Gasteiger partial charge in [0.25, 0.3) is 10.0 Å². The first kappa shape index (κ1) is 20.4. The fourth-order valence-electron chi connectivity index (χ4n) is 3.33. The molecule has 1 saturated heterocycles. The Bertz CT molecular complexity index is 1200. The topological polar surface area (TPSA) is 68.6 Å². The summed E-state index contributed by atoms with van der Waals surface area (Å²) in [6.45, 7) is 2.28. The third-order valence-corrected chi connectivity index (χ3v) is 6.64. The second-order valence-corrected chi connectivity index (χ2v) is 8.72. The second-order valence-electron chi connectivity index (χ2n) is 6.93. The van der Waals surface area contributed by atoms with Crippen LogP contribution >= 0.6 is 0 Å². The SMILES string of the molecule is O=C(Oc1cc2c(CN3CCC3)cccc2n1S(=O)(=O)c1ccccc1)C(F)(F)F. The lowest BCUT2D eigenvalue weighted by Crippen LogP contribution is -2.36. The minimum Gasteiger partial charge on any atom is -0.402 e. The van der Waals surface area contributed by atoms with Gasteiger partial charge in [-0.2, -0.15) is 13.2 Å². The molecule has 0 atom stereocenters. The van der Waals surface area contributed by atoms with Gasteiger partial charge in [-0.25, -0.2) is 17.2 Å². The molecule has 0 unspecified atom stereocenters. The summed E-state index contributed by atoms with van der Waals surface area (Å²) in [4.78, 5) is 13.5. The Morgan fingerprint density at radius 1 is 1.03 bits per heavy atom. The normalized spacial score (nSPS) is 15.2. The van der Waals surface area contributed by atoms with Gasteiger partial charge in [-0.05, 0) is 43.3 Å². The first-order valence-electron chi connectivity index (χ1n) is 9.13. The number of fused-ring (bicyclic) bond motifs is 1. The molecule has 1 fully saturated rings. The van der Waals surface area contributed by atoms with Crippen LogP contribution in [0.5, 0.6) is 5.88 Å². The van der Waals surface area contributed by atoms with Crippen molar-refractivity contribution in [1.82, 2.24) is 8.87 Å². The molecular weight excluding hydrogens is 421 g/mol. The maximum absolute atomic E-state index is 13.2. The number of alkyl halides is 3. The predicted molar refractivity (Wildman–Crippen MR) is 103 cm³/mol. The van der Waals surface area contributed by atoms with Gasteiger partial charge in [-0.15, -0.1) is 0 Å². The summed E-state index contributed by atoms with van der Waals surface area (Å²) < 4.78 is 70.1. The molecule has 10 heteroatoms. The molecule has 0 amide bonds. The van der Waals surface area contributed by atoms with E-state index in [2.05, 4.69) is 9.64 Å². The van der Waals surface area contributed by atoms with Crippen LogP contribution in [0.15, 0.2) is 59.5 Å². The van der Waals surface area contributed by atoms with Crippen molar-refractivity contribution in [2.45, 2.75) is 24.0 Å². The van der Waals surface area contributed by atoms with Gasteiger partial charge >= 0.3 is 12.1 Å². The number of aromatic nitrogens is 1. The molecule has 30 heavy (non-hydrogen) atoms. The molecule has 2 heterocycles. The molecule has 1 aliphatic heterocycles. The Balaban J connectivity index is 1.90. The lowest BCUT2D eigenvalue weighted by molar-refractivity contribution is -0.190. The quantitative estimate of drug-likeness (QED) is 0.570. The monoisotopic (exact) mass is 438 g/mol. The largest absolute Gasteiger partial charge is 0.491 e. The zero-order chi connectivity index (χ0) is 21.5. The number of benzene rings is 2. The van der Waals surface area contributed by atoms with E-state index in [1.165, 1.54) is 36.4 Å². The molecule has 6 nitrogen and oxygen atoms in total. The van der Waals surface area contributed by atoms with Gasteiger partial charge in [-0.3, -0.25) is 4.90 Å². The van der Waals surface area contributed by atoms with E-state index in [-0.39, 0.29) is 10.4 Å². The van der Waals surface area contributed by atoms with Crippen LogP contribution in [0.3, 0.4) is 0 Å². The third-order valence-electron chi connectivity index (χ3n) is 4.91. The highest BCUT2D eigenvalue weighted by molar-refractivity contribution is 7.90. The van der Waals surface area contributed by atoms with Crippen molar-refractivity contribution in [3.63, 3.8) is 0 Å². The van der Waals surface area contributed by atoms with Crippen LogP contribution in [0.25, 0.3) is 10.9 Å². The van der Waals surface area contributed by atoms with E-state index < -0.39 is 28.0 Å². The maximum atomic E-state index is 13.2. The summed E-state index contributed by atoms with van der Waals surface area (Å²) in [5.41, 5.74) is 0.875. The molecule has 0 bridgehead atoms. The highest BCUT2D eigenvalue weighted by Crippen LogP contribution is 2.34. The minimum atomic E-state index is -5.27. The number of likely N-dealkylation sites (tertiary alicyclic amines) is 1. The van der Waals surface area contributed by atoms with Crippen LogP contribution in [0.1, 0.15) is 12.0 Å². The first-order chi connectivity index (χ1) is 14.2. The van der Waals surface area contributed by atoms with Crippen molar-refractivity contribution < 1.29 is 31.1 Å². The average Bonchev–Trinajstić information content (AvgIpc) is 3.04. The third kappa shape index (κ3) is 3.68. The minimum absolute atomic E-state index is 0.139. The Kier molecular flexibility index (Phi) is 5.07. The van der Waals surface area contributed by atoms with Crippen molar-refractivity contribution in [2.75, 3.05) is 13.1 Å². The van der Waals surface area contributed by atoms with Crippen LogP contribution in [-0.2, 0) is 21.4 Å². The fraction of sp³-hybridized carbons (Fsp3) is 0.250. The lowest BCUT2D eigenvalue weighted by atomic mass is 10.1. The van der Waals surface area contributed by atoms with Crippen LogP contribution in [-0.4, -0.2) is 42.5 Å². The molecule has 1 aliphatic rings. The van der Waals surface area contributed by atoms with Crippen LogP contribution in [0, 0.1) is 0 Å². The Hall–Kier alpha value is -2.85. The summed E-state index contributed by atoms with van der Waals surface area (Å²) in [7, 11) is -4.32. The molecule has 0 saturated carbocycles. The number of ether oxygens (including phenoxy) is 1. The van der Waals surface area contributed by atoms with Gasteiger partial charge < -0.3 is 4.74 Å². The van der Waals surface area contributed by atoms with Crippen LogP contribution in [0.4, 0.5) is 13.2 Å². The number of rotatable bonds is 5.